The van der Waals surface area contributed by atoms with E-state index in [0.717, 1.165) is 0 Å². The van der Waals surface area contributed by atoms with Gasteiger partial charge in [0.25, 0.3) is 0 Å². The summed E-state index contributed by atoms with van der Waals surface area (Å²) >= 11 is 0. The molecule has 82 valence electrons. The maximum Gasteiger partial charge on any atom is 0.389 e. The molecule has 0 spiro atoms. The van der Waals surface area contributed by atoms with Crippen LogP contribution < -0.4 is 10.6 Å². The van der Waals surface area contributed by atoms with Gasteiger partial charge in [-0.15, -0.1) is 0 Å². The average molecular weight is 210 g/mol. The van der Waals surface area contributed by atoms with Gasteiger partial charge < -0.3 is 10.6 Å². The lowest BCUT2D eigenvalue weighted by Crippen LogP contribution is -2.50. The van der Waals surface area contributed by atoms with Crippen molar-refractivity contribution < 1.29 is 18.0 Å². The van der Waals surface area contributed by atoms with Gasteiger partial charge in [0.05, 0.1) is 5.92 Å². The van der Waals surface area contributed by atoms with E-state index < -0.39 is 12.6 Å². The third-order valence-electron chi connectivity index (χ3n) is 2.09. The molecule has 1 heterocycles. The van der Waals surface area contributed by atoms with Gasteiger partial charge in [0, 0.05) is 26.1 Å². The summed E-state index contributed by atoms with van der Waals surface area (Å²) in [6, 6.07) is 0. The molecule has 3 nitrogen and oxygen atoms in total. The number of alkyl halides is 3. The van der Waals surface area contributed by atoms with Crippen LogP contribution in [0.3, 0.4) is 0 Å². The van der Waals surface area contributed by atoms with Crippen LogP contribution in [0, 0.1) is 5.92 Å². The highest BCUT2D eigenvalue weighted by Crippen LogP contribution is 2.20. The Kier molecular flexibility index (Phi) is 3.74. The second kappa shape index (κ2) is 4.63. The first-order chi connectivity index (χ1) is 6.49. The fourth-order valence-corrected chi connectivity index (χ4v) is 1.12. The maximum absolute atomic E-state index is 11.7. The van der Waals surface area contributed by atoms with E-state index >= 15 is 0 Å². The number of carbonyl (C=O) groups is 1. The van der Waals surface area contributed by atoms with Gasteiger partial charge in [0.2, 0.25) is 5.91 Å². The molecule has 0 atom stereocenters. The molecule has 0 aromatic carbocycles. The second-order valence-corrected chi connectivity index (χ2v) is 3.36. The summed E-state index contributed by atoms with van der Waals surface area (Å²) in [6.45, 7) is 1.37. The highest BCUT2D eigenvalue weighted by atomic mass is 19.4. The molecule has 1 saturated heterocycles. The van der Waals surface area contributed by atoms with Crippen LogP contribution in [0.25, 0.3) is 0 Å². The standard InChI is InChI=1S/C8H13F3N2O/c9-8(10,11)2-1-3-13-7(14)6-4-12-5-6/h6,12H,1-5H2,(H,13,14). The quantitative estimate of drug-likeness (QED) is 0.669. The molecule has 0 saturated carbocycles. The average Bonchev–Trinajstić information content (AvgIpc) is 1.92. The summed E-state index contributed by atoms with van der Waals surface area (Å²) in [5, 5.41) is 5.39. The van der Waals surface area contributed by atoms with Crippen LogP contribution in [-0.2, 0) is 4.79 Å². The smallest absolute Gasteiger partial charge is 0.356 e. The second-order valence-electron chi connectivity index (χ2n) is 3.36. The first-order valence-corrected chi connectivity index (χ1v) is 4.54. The van der Waals surface area contributed by atoms with Crippen molar-refractivity contribution in [3.8, 4) is 0 Å². The van der Waals surface area contributed by atoms with E-state index in [9.17, 15) is 18.0 Å². The fourth-order valence-electron chi connectivity index (χ4n) is 1.12. The van der Waals surface area contributed by atoms with Crippen molar-refractivity contribution >= 4 is 5.91 Å². The van der Waals surface area contributed by atoms with E-state index in [4.69, 9.17) is 0 Å². The van der Waals surface area contributed by atoms with E-state index in [2.05, 4.69) is 10.6 Å². The van der Waals surface area contributed by atoms with Gasteiger partial charge in [-0.2, -0.15) is 13.2 Å². The van der Waals surface area contributed by atoms with Crippen molar-refractivity contribution in [1.82, 2.24) is 10.6 Å². The van der Waals surface area contributed by atoms with Gasteiger partial charge >= 0.3 is 6.18 Å². The van der Waals surface area contributed by atoms with Crippen LogP contribution >= 0.6 is 0 Å². The van der Waals surface area contributed by atoms with E-state index in [1.807, 2.05) is 0 Å². The number of halogens is 3. The highest BCUT2D eigenvalue weighted by molar-refractivity contribution is 5.79. The Hall–Kier alpha value is -0.780. The van der Waals surface area contributed by atoms with Crippen LogP contribution in [0.1, 0.15) is 12.8 Å². The predicted molar refractivity (Wildman–Crippen MR) is 44.7 cm³/mol. The van der Waals surface area contributed by atoms with Crippen LogP contribution in [0.15, 0.2) is 0 Å². The number of carbonyl (C=O) groups excluding carboxylic acids is 1. The Morgan fingerprint density at radius 1 is 1.43 bits per heavy atom. The van der Waals surface area contributed by atoms with E-state index in [1.165, 1.54) is 0 Å². The van der Waals surface area contributed by atoms with Crippen LogP contribution in [-0.4, -0.2) is 31.7 Å². The van der Waals surface area contributed by atoms with Crippen molar-refractivity contribution in [2.45, 2.75) is 19.0 Å². The van der Waals surface area contributed by atoms with Gasteiger partial charge in [-0.25, -0.2) is 0 Å². The van der Waals surface area contributed by atoms with Gasteiger partial charge in [0.15, 0.2) is 0 Å². The topological polar surface area (TPSA) is 41.1 Å². The van der Waals surface area contributed by atoms with E-state index in [0.29, 0.717) is 13.1 Å². The van der Waals surface area contributed by atoms with E-state index in [-0.39, 0.29) is 24.8 Å². The van der Waals surface area contributed by atoms with Crippen LogP contribution in [0.4, 0.5) is 13.2 Å². The normalized spacial score (nSPS) is 17.6. The molecule has 0 unspecified atom stereocenters. The Bertz CT molecular complexity index is 201. The van der Waals surface area contributed by atoms with Crippen molar-refractivity contribution in [2.75, 3.05) is 19.6 Å². The Morgan fingerprint density at radius 3 is 2.50 bits per heavy atom. The lowest BCUT2D eigenvalue weighted by atomic mass is 10.0. The molecular weight excluding hydrogens is 197 g/mol. The number of hydrogen-bond acceptors (Lipinski definition) is 2. The molecule has 6 heteroatoms. The minimum atomic E-state index is -4.12. The largest absolute Gasteiger partial charge is 0.389 e. The minimum Gasteiger partial charge on any atom is -0.356 e. The molecule has 2 N–H and O–H groups in total. The Labute approximate surface area is 80.0 Å². The molecule has 0 bridgehead atoms. The zero-order chi connectivity index (χ0) is 10.6. The summed E-state index contributed by atoms with van der Waals surface area (Å²) in [6.07, 6.45) is -5.01. The lowest BCUT2D eigenvalue weighted by molar-refractivity contribution is -0.136. The summed E-state index contributed by atoms with van der Waals surface area (Å²) in [4.78, 5) is 11.1. The first-order valence-electron chi connectivity index (χ1n) is 4.54. The van der Waals surface area contributed by atoms with E-state index in [1.54, 1.807) is 0 Å². The molecule has 0 aromatic rings. The first kappa shape index (κ1) is 11.3. The SMILES string of the molecule is O=C(NCCCC(F)(F)F)C1CNC1. The molecule has 1 aliphatic heterocycles. The summed E-state index contributed by atoms with van der Waals surface area (Å²) < 4.78 is 35.1. The summed E-state index contributed by atoms with van der Waals surface area (Å²) in [5.74, 6) is -0.202. The summed E-state index contributed by atoms with van der Waals surface area (Å²) in [5.41, 5.74) is 0. The van der Waals surface area contributed by atoms with Crippen LogP contribution in [0.2, 0.25) is 0 Å². The highest BCUT2D eigenvalue weighted by Gasteiger charge is 2.27. The Balaban J connectivity index is 2.00. The predicted octanol–water partition coefficient (Wildman–Crippen LogP) is 0.664. The molecular formula is C8H13F3N2O. The molecule has 1 fully saturated rings. The molecule has 0 radical (unpaired) electrons. The molecule has 1 aliphatic rings. The van der Waals surface area contributed by atoms with Gasteiger partial charge in [-0.05, 0) is 6.42 Å². The Morgan fingerprint density at radius 2 is 2.07 bits per heavy atom. The van der Waals surface area contributed by atoms with Gasteiger partial charge in [-0.1, -0.05) is 0 Å². The molecule has 0 aliphatic carbocycles. The van der Waals surface area contributed by atoms with Crippen molar-refractivity contribution in [2.24, 2.45) is 5.92 Å². The lowest BCUT2D eigenvalue weighted by Gasteiger charge is -2.25. The molecule has 1 rings (SSSR count). The number of amides is 1. The molecule has 1 amide bonds. The minimum absolute atomic E-state index is 0.0462. The zero-order valence-electron chi connectivity index (χ0n) is 7.66. The van der Waals surface area contributed by atoms with Crippen molar-refractivity contribution in [3.05, 3.63) is 0 Å². The third-order valence-corrected chi connectivity index (χ3v) is 2.09. The molecule has 0 aromatic heterocycles. The number of rotatable bonds is 4. The number of hydrogen-bond donors (Lipinski definition) is 2. The molecule has 14 heavy (non-hydrogen) atoms. The number of nitrogens with one attached hydrogen (secondary N) is 2. The monoisotopic (exact) mass is 210 g/mol. The zero-order valence-corrected chi connectivity index (χ0v) is 7.66. The third kappa shape index (κ3) is 3.95. The maximum atomic E-state index is 11.7. The van der Waals surface area contributed by atoms with Crippen molar-refractivity contribution in [3.63, 3.8) is 0 Å². The summed E-state index contributed by atoms with van der Waals surface area (Å²) in [7, 11) is 0. The van der Waals surface area contributed by atoms with Crippen molar-refractivity contribution in [1.29, 1.82) is 0 Å². The van der Waals surface area contributed by atoms with Crippen LogP contribution in [0.5, 0.6) is 0 Å². The fraction of sp³-hybridized carbons (Fsp3) is 0.875. The van der Waals surface area contributed by atoms with Gasteiger partial charge in [0.1, 0.15) is 0 Å². The van der Waals surface area contributed by atoms with Gasteiger partial charge in [-0.3, -0.25) is 4.79 Å².